The van der Waals surface area contributed by atoms with Crippen LogP contribution in [0.5, 0.6) is 0 Å². The van der Waals surface area contributed by atoms with E-state index in [2.05, 4.69) is 132 Å². The van der Waals surface area contributed by atoms with Crippen molar-refractivity contribution in [2.45, 2.75) is 27.2 Å². The second-order valence-electron chi connectivity index (χ2n) is 9.58. The lowest BCUT2D eigenvalue weighted by Crippen LogP contribution is -2.15. The smallest absolute Gasteiger partial charge is 0.0537 e. The maximum atomic E-state index is 3.92. The molecule has 1 heterocycles. The number of anilines is 2. The van der Waals surface area contributed by atoms with Crippen LogP contribution in [-0.2, 0) is 0 Å². The third-order valence-electron chi connectivity index (χ3n) is 6.56. The van der Waals surface area contributed by atoms with Crippen LogP contribution in [0.1, 0.15) is 27.2 Å². The van der Waals surface area contributed by atoms with E-state index >= 15 is 0 Å². The molecule has 1 aromatic heterocycles. The average molecular weight is 526 g/mol. The van der Waals surface area contributed by atoms with E-state index in [1.165, 1.54) is 27.5 Å². The van der Waals surface area contributed by atoms with Crippen LogP contribution in [0.15, 0.2) is 152 Å². The summed E-state index contributed by atoms with van der Waals surface area (Å²) in [6, 6.07) is 25.8. The fourth-order valence-electron chi connectivity index (χ4n) is 4.62. The van der Waals surface area contributed by atoms with Crippen molar-refractivity contribution in [2.24, 2.45) is 0 Å². The molecule has 3 aromatic carbocycles. The van der Waals surface area contributed by atoms with Crippen molar-refractivity contribution in [3.8, 4) is 0 Å². The first-order chi connectivity index (χ1) is 19.6. The zero-order valence-electron chi connectivity index (χ0n) is 23.8. The van der Waals surface area contributed by atoms with E-state index in [4.69, 9.17) is 0 Å². The Balaban J connectivity index is 1.49. The number of allylic oxidation sites excluding steroid dienone is 10. The fraction of sp³-hybridized carbons (Fsp3) is 0.135. The quantitative estimate of drug-likeness (QED) is 0.186. The summed E-state index contributed by atoms with van der Waals surface area (Å²) in [5, 5.41) is 5.99. The summed E-state index contributed by atoms with van der Waals surface area (Å²) in [5.74, 6) is 0. The van der Waals surface area contributed by atoms with Gasteiger partial charge in [0.2, 0.25) is 0 Å². The Bertz CT molecular complexity index is 1550. The van der Waals surface area contributed by atoms with Gasteiger partial charge in [-0.15, -0.1) is 0 Å². The molecular weight excluding hydrogens is 486 g/mol. The van der Waals surface area contributed by atoms with E-state index in [1.807, 2.05) is 50.4 Å². The number of fused-ring (bicyclic) bond motifs is 3. The minimum absolute atomic E-state index is 0.780. The lowest BCUT2D eigenvalue weighted by atomic mass is 10.2. The minimum Gasteiger partial charge on any atom is -0.362 e. The first-order valence-corrected chi connectivity index (χ1v) is 13.9. The lowest BCUT2D eigenvalue weighted by Gasteiger charge is -2.19. The summed E-state index contributed by atoms with van der Waals surface area (Å²) in [4.78, 5) is 2.21. The van der Waals surface area contributed by atoms with E-state index in [9.17, 15) is 0 Å². The molecule has 3 heteroatoms. The van der Waals surface area contributed by atoms with Crippen molar-refractivity contribution in [1.29, 1.82) is 0 Å². The molecule has 1 N–H and O–H groups in total. The summed E-state index contributed by atoms with van der Waals surface area (Å²) >= 11 is 0. The van der Waals surface area contributed by atoms with Crippen LogP contribution in [0, 0.1) is 0 Å². The maximum absolute atomic E-state index is 3.92. The van der Waals surface area contributed by atoms with Gasteiger partial charge in [-0.3, -0.25) is 0 Å². The van der Waals surface area contributed by atoms with Gasteiger partial charge < -0.3 is 14.8 Å². The van der Waals surface area contributed by atoms with Gasteiger partial charge in [0.1, 0.15) is 0 Å². The molecule has 0 atom stereocenters. The van der Waals surface area contributed by atoms with Crippen LogP contribution >= 0.6 is 0 Å². The molecule has 0 aliphatic carbocycles. The van der Waals surface area contributed by atoms with Crippen LogP contribution in [0.4, 0.5) is 11.4 Å². The second-order valence-corrected chi connectivity index (χ2v) is 9.58. The Morgan fingerprint density at radius 1 is 0.850 bits per heavy atom. The summed E-state index contributed by atoms with van der Waals surface area (Å²) in [5.41, 5.74) is 6.92. The molecule has 0 radical (unpaired) electrons. The third kappa shape index (κ3) is 7.21. The molecule has 0 fully saturated rings. The summed E-state index contributed by atoms with van der Waals surface area (Å²) in [7, 11) is 0. The molecule has 202 valence electrons. The van der Waals surface area contributed by atoms with Crippen LogP contribution in [0.2, 0.25) is 0 Å². The second kappa shape index (κ2) is 14.4. The molecule has 0 aliphatic heterocycles. The predicted molar refractivity (Wildman–Crippen MR) is 178 cm³/mol. The highest BCUT2D eigenvalue weighted by Gasteiger charge is 2.11. The fourth-order valence-corrected chi connectivity index (χ4v) is 4.62. The van der Waals surface area contributed by atoms with Crippen molar-refractivity contribution in [3.05, 3.63) is 152 Å². The number of rotatable bonds is 12. The van der Waals surface area contributed by atoms with E-state index in [1.54, 1.807) is 0 Å². The van der Waals surface area contributed by atoms with Crippen molar-refractivity contribution in [1.82, 2.24) is 4.57 Å². The van der Waals surface area contributed by atoms with Crippen LogP contribution in [-0.4, -0.2) is 11.1 Å². The molecule has 40 heavy (non-hydrogen) atoms. The lowest BCUT2D eigenvalue weighted by molar-refractivity contribution is 1.08. The van der Waals surface area contributed by atoms with Crippen LogP contribution in [0.25, 0.3) is 27.5 Å². The molecule has 4 rings (SSSR count). The molecular formula is C37H39N3. The zero-order chi connectivity index (χ0) is 28.2. The molecule has 0 saturated carbocycles. The van der Waals surface area contributed by atoms with Crippen molar-refractivity contribution < 1.29 is 0 Å². The van der Waals surface area contributed by atoms with Gasteiger partial charge in [0, 0.05) is 46.8 Å². The van der Waals surface area contributed by atoms with E-state index < -0.39 is 0 Å². The van der Waals surface area contributed by atoms with Crippen molar-refractivity contribution >= 4 is 38.9 Å². The number of hydrogen-bond acceptors (Lipinski definition) is 2. The highest BCUT2D eigenvalue weighted by atomic mass is 15.1. The minimum atomic E-state index is 0.780. The average Bonchev–Trinajstić information content (AvgIpc) is 3.31. The highest BCUT2D eigenvalue weighted by Crippen LogP contribution is 2.32. The van der Waals surface area contributed by atoms with Gasteiger partial charge in [-0.1, -0.05) is 91.9 Å². The molecule has 0 bridgehead atoms. The number of hydrogen-bond donors (Lipinski definition) is 1. The van der Waals surface area contributed by atoms with Crippen molar-refractivity contribution in [3.63, 3.8) is 0 Å². The largest absolute Gasteiger partial charge is 0.362 e. The molecule has 3 nitrogen and oxygen atoms in total. The summed E-state index contributed by atoms with van der Waals surface area (Å²) < 4.78 is 2.38. The van der Waals surface area contributed by atoms with Gasteiger partial charge in [-0.05, 0) is 74.9 Å². The molecule has 0 spiro atoms. The number of nitrogens with one attached hydrogen (secondary N) is 1. The first kappa shape index (κ1) is 28.3. The molecule has 0 unspecified atom stereocenters. The Kier molecular flexibility index (Phi) is 10.2. The van der Waals surface area contributed by atoms with Gasteiger partial charge in [0.15, 0.2) is 0 Å². The maximum Gasteiger partial charge on any atom is 0.0537 e. The summed E-state index contributed by atoms with van der Waals surface area (Å²) in [6.45, 7) is 10.9. The number of nitrogens with zero attached hydrogens (tertiary/aromatic N) is 2. The van der Waals surface area contributed by atoms with Gasteiger partial charge >= 0.3 is 0 Å². The predicted octanol–water partition coefficient (Wildman–Crippen LogP) is 10.3. The normalized spacial score (nSPS) is 12.8. The first-order valence-electron chi connectivity index (χ1n) is 13.9. The number of para-hydroxylation sites is 2. The monoisotopic (exact) mass is 525 g/mol. The molecule has 0 amide bonds. The SMILES string of the molecule is C=C(C)/C=C\C=C/N(C/C=C\C=C/C)c1ccc(N/C=C/C=C(\CC)n2c3ccccc3c3ccccc32)cc1. The van der Waals surface area contributed by atoms with E-state index in [0.29, 0.717) is 0 Å². The third-order valence-corrected chi connectivity index (χ3v) is 6.56. The molecule has 0 saturated heterocycles. The topological polar surface area (TPSA) is 20.2 Å². The molecule has 4 aromatic rings. The molecule has 0 aliphatic rings. The van der Waals surface area contributed by atoms with E-state index in [-0.39, 0.29) is 0 Å². The van der Waals surface area contributed by atoms with Crippen LogP contribution in [0.3, 0.4) is 0 Å². The van der Waals surface area contributed by atoms with Gasteiger partial charge in [0.25, 0.3) is 0 Å². The van der Waals surface area contributed by atoms with Crippen molar-refractivity contribution in [2.75, 3.05) is 16.8 Å². The Morgan fingerprint density at radius 2 is 1.52 bits per heavy atom. The highest BCUT2D eigenvalue weighted by molar-refractivity contribution is 6.10. The van der Waals surface area contributed by atoms with E-state index in [0.717, 1.165) is 29.9 Å². The van der Waals surface area contributed by atoms with Gasteiger partial charge in [0.05, 0.1) is 11.0 Å². The van der Waals surface area contributed by atoms with Gasteiger partial charge in [-0.25, -0.2) is 0 Å². The Hall–Kier alpha value is -4.76. The Labute approximate surface area is 239 Å². The number of benzene rings is 3. The zero-order valence-corrected chi connectivity index (χ0v) is 23.8. The number of aromatic nitrogens is 1. The summed E-state index contributed by atoms with van der Waals surface area (Å²) in [6.07, 6.45) is 23.7. The van der Waals surface area contributed by atoms with Crippen LogP contribution < -0.4 is 10.2 Å². The Morgan fingerprint density at radius 3 is 2.15 bits per heavy atom. The standard InChI is InChI=1S/C37H39N3/c1-5-7-8-14-28-39(29-15-13-17-30(3)4)33-25-23-31(24-26-33)38-27-16-18-32(6-2)40-36-21-11-9-19-34(36)35-20-10-12-22-37(35)40/h5,7-27,29,38H,3,6,28H2,1-2,4H3/b7-5-,14-8-,17-13-,27-16+,29-15-,32-18+. The van der Waals surface area contributed by atoms with Gasteiger partial charge in [-0.2, -0.15) is 0 Å².